The molecule has 1 fully saturated rings. The van der Waals surface area contributed by atoms with Crippen LogP contribution in [0.25, 0.3) is 0 Å². The van der Waals surface area contributed by atoms with E-state index in [4.69, 9.17) is 9.47 Å². The molecule has 1 aromatic carbocycles. The number of nitrogens with zero attached hydrogens (tertiary/aromatic N) is 6. The number of likely N-dealkylation sites (N-methyl/N-ethyl adjacent to an activating group) is 1. The Labute approximate surface area is 249 Å². The van der Waals surface area contributed by atoms with Gasteiger partial charge in [0.2, 0.25) is 5.95 Å². The third-order valence-electron chi connectivity index (χ3n) is 7.45. The number of aromatic nitrogens is 3. The molecule has 43 heavy (non-hydrogen) atoms. The van der Waals surface area contributed by atoms with Crippen LogP contribution >= 0.6 is 0 Å². The molecule has 3 aliphatic heterocycles. The van der Waals surface area contributed by atoms with E-state index >= 15 is 0 Å². The van der Waals surface area contributed by atoms with Crippen molar-refractivity contribution >= 4 is 46.6 Å². The smallest absolute Gasteiger partial charge is 0.266 e. The predicted molar refractivity (Wildman–Crippen MR) is 163 cm³/mol. The Balaban J connectivity index is 1.32. The van der Waals surface area contributed by atoms with Crippen molar-refractivity contribution in [2.24, 2.45) is 0 Å². The van der Waals surface area contributed by atoms with E-state index in [9.17, 15) is 9.59 Å². The maximum atomic E-state index is 13.1. The Kier molecular flexibility index (Phi) is 8.10. The Hall–Kier alpha value is -5.09. The van der Waals surface area contributed by atoms with E-state index in [2.05, 4.69) is 59.6 Å². The summed E-state index contributed by atoms with van der Waals surface area (Å²) in [6.07, 6.45) is 2.69. The van der Waals surface area contributed by atoms with Crippen molar-refractivity contribution in [3.8, 4) is 23.3 Å². The van der Waals surface area contributed by atoms with Crippen LogP contribution in [0, 0.1) is 11.8 Å². The molecule has 13 heteroatoms. The number of rotatable bonds is 4. The van der Waals surface area contributed by atoms with Crippen molar-refractivity contribution < 1.29 is 19.1 Å². The molecule has 0 unspecified atom stereocenters. The van der Waals surface area contributed by atoms with Gasteiger partial charge in [-0.2, -0.15) is 4.98 Å². The molecule has 2 bridgehead atoms. The van der Waals surface area contributed by atoms with Crippen LogP contribution in [0.1, 0.15) is 23.2 Å². The van der Waals surface area contributed by atoms with Gasteiger partial charge in [-0.25, -0.2) is 9.97 Å². The number of hydrogen-bond donors (Lipinski definition) is 3. The fourth-order valence-corrected chi connectivity index (χ4v) is 5.09. The molecule has 2 amide bonds. The summed E-state index contributed by atoms with van der Waals surface area (Å²) >= 11 is 0. The van der Waals surface area contributed by atoms with Gasteiger partial charge in [-0.15, -0.1) is 5.92 Å². The highest BCUT2D eigenvalue weighted by atomic mass is 16.5. The lowest BCUT2D eigenvalue weighted by Crippen LogP contribution is -2.44. The molecule has 0 atom stereocenters. The highest BCUT2D eigenvalue weighted by Gasteiger charge is 2.27. The van der Waals surface area contributed by atoms with Gasteiger partial charge in [0.25, 0.3) is 11.8 Å². The summed E-state index contributed by atoms with van der Waals surface area (Å²) in [5, 5.41) is 9.23. The molecule has 0 saturated carbocycles. The van der Waals surface area contributed by atoms with Crippen molar-refractivity contribution in [3.05, 3.63) is 42.1 Å². The average Bonchev–Trinajstić information content (AvgIpc) is 3.02. The number of anilines is 6. The first kappa shape index (κ1) is 28.0. The number of methoxy groups -OCH3 is 1. The molecule has 222 valence electrons. The molecule has 0 radical (unpaired) electrons. The monoisotopic (exact) mass is 583 g/mol. The molecule has 1 saturated heterocycles. The molecule has 13 nitrogen and oxygen atoms in total. The van der Waals surface area contributed by atoms with Crippen LogP contribution in [0.5, 0.6) is 11.5 Å². The van der Waals surface area contributed by atoms with Crippen molar-refractivity contribution in [1.82, 2.24) is 25.2 Å². The molecule has 3 aromatic rings. The minimum Gasteiger partial charge on any atom is -0.495 e. The van der Waals surface area contributed by atoms with Gasteiger partial charge in [0.05, 0.1) is 19.3 Å². The van der Waals surface area contributed by atoms with Crippen LogP contribution in [-0.2, 0) is 4.79 Å². The summed E-state index contributed by atoms with van der Waals surface area (Å²) in [4.78, 5) is 45.7. The molecule has 6 rings (SSSR count). The SMILES string of the molecule is COc1ccc(Nc2ncc3c(n2)Nc2ccc4c(n2)N(CCCC#CCNC3=O)C(=O)CO4)cc1N1CCN(C)CC1. The van der Waals surface area contributed by atoms with E-state index in [1.807, 2.05) is 18.2 Å². The van der Waals surface area contributed by atoms with E-state index in [0.29, 0.717) is 36.8 Å². The maximum absolute atomic E-state index is 13.1. The number of hydrogen-bond acceptors (Lipinski definition) is 11. The number of pyridine rings is 1. The summed E-state index contributed by atoms with van der Waals surface area (Å²) in [6.45, 7) is 4.28. The highest BCUT2D eigenvalue weighted by Crippen LogP contribution is 2.34. The third-order valence-corrected chi connectivity index (χ3v) is 7.45. The van der Waals surface area contributed by atoms with E-state index < -0.39 is 0 Å². The van der Waals surface area contributed by atoms with Crippen molar-refractivity contribution in [2.75, 3.05) is 80.5 Å². The fraction of sp³-hybridized carbons (Fsp3) is 0.367. The molecule has 5 heterocycles. The second kappa shape index (κ2) is 12.4. The molecule has 0 aliphatic carbocycles. The number of piperazine rings is 1. The van der Waals surface area contributed by atoms with Gasteiger partial charge in [0.1, 0.15) is 22.9 Å². The summed E-state index contributed by atoms with van der Waals surface area (Å²) in [7, 11) is 3.78. The lowest BCUT2D eigenvalue weighted by Gasteiger charge is -2.35. The molecule has 2 aromatic heterocycles. The first-order valence-corrected chi connectivity index (χ1v) is 14.2. The minimum absolute atomic E-state index is 0.0431. The van der Waals surface area contributed by atoms with Crippen LogP contribution in [0.4, 0.5) is 34.8 Å². The zero-order chi connectivity index (χ0) is 29.8. The molecular weight excluding hydrogens is 550 g/mol. The summed E-state index contributed by atoms with van der Waals surface area (Å²) in [5.41, 5.74) is 1.97. The Morgan fingerprint density at radius 2 is 1.91 bits per heavy atom. The number of carbonyl (C=O) groups excluding carboxylic acids is 2. The lowest BCUT2D eigenvalue weighted by molar-refractivity contribution is -0.121. The third kappa shape index (κ3) is 6.24. The first-order valence-electron chi connectivity index (χ1n) is 14.2. The van der Waals surface area contributed by atoms with Gasteiger partial charge < -0.3 is 35.2 Å². The van der Waals surface area contributed by atoms with E-state index in [0.717, 1.165) is 43.3 Å². The molecule has 0 spiro atoms. The maximum Gasteiger partial charge on any atom is 0.266 e. The largest absolute Gasteiger partial charge is 0.495 e. The quantitative estimate of drug-likeness (QED) is 0.391. The second-order valence-electron chi connectivity index (χ2n) is 10.4. The van der Waals surface area contributed by atoms with Crippen LogP contribution in [0.2, 0.25) is 0 Å². The highest BCUT2D eigenvalue weighted by molar-refractivity contribution is 6.00. The number of benzene rings is 1. The fourth-order valence-electron chi connectivity index (χ4n) is 5.09. The van der Waals surface area contributed by atoms with Gasteiger partial charge in [-0.3, -0.25) is 14.5 Å². The van der Waals surface area contributed by atoms with Crippen LogP contribution in [0.15, 0.2) is 36.5 Å². The van der Waals surface area contributed by atoms with Crippen LogP contribution in [-0.4, -0.2) is 91.7 Å². The van der Waals surface area contributed by atoms with Gasteiger partial charge in [-0.05, 0) is 43.8 Å². The molecule has 3 aliphatic rings. The van der Waals surface area contributed by atoms with Gasteiger partial charge in [0.15, 0.2) is 18.2 Å². The predicted octanol–water partition coefficient (Wildman–Crippen LogP) is 2.37. The van der Waals surface area contributed by atoms with E-state index in [1.54, 1.807) is 24.1 Å². The topological polar surface area (TPSA) is 137 Å². The molecular formula is C30H33N9O4. The number of amides is 2. The summed E-state index contributed by atoms with van der Waals surface area (Å²) in [6, 6.07) is 9.29. The zero-order valence-electron chi connectivity index (χ0n) is 24.1. The summed E-state index contributed by atoms with van der Waals surface area (Å²) in [5.74, 6) is 8.10. The lowest BCUT2D eigenvalue weighted by atomic mass is 10.2. The normalized spacial score (nSPS) is 17.2. The standard InChI is InChI=1S/C30H33N9O4/c1-37-13-15-38(16-14-37)22-17-20(7-8-23(22)42-2)33-30-32-18-21-27(36-30)34-25-10-9-24-28(35-25)39(26(40)19-43-24)12-6-4-3-5-11-31-29(21)41/h7-10,17-18H,4,6,11-16,19H2,1-2H3,(H,31,41)(H2,32,33,34,35,36). The first-order chi connectivity index (χ1) is 21.0. The van der Waals surface area contributed by atoms with Gasteiger partial charge in [0, 0.05) is 51.0 Å². The number of carbonyl (C=O) groups is 2. The Bertz CT molecular complexity index is 1590. The van der Waals surface area contributed by atoms with Crippen molar-refractivity contribution in [1.29, 1.82) is 0 Å². The van der Waals surface area contributed by atoms with Crippen molar-refractivity contribution in [3.63, 3.8) is 0 Å². The van der Waals surface area contributed by atoms with Crippen LogP contribution in [0.3, 0.4) is 0 Å². The number of ether oxygens (including phenoxy) is 2. The van der Waals surface area contributed by atoms with Gasteiger partial charge in [-0.1, -0.05) is 5.92 Å². The second-order valence-corrected chi connectivity index (χ2v) is 10.4. The van der Waals surface area contributed by atoms with Crippen molar-refractivity contribution in [2.45, 2.75) is 12.8 Å². The summed E-state index contributed by atoms with van der Waals surface area (Å²) < 4.78 is 11.3. The minimum atomic E-state index is -0.377. The zero-order valence-corrected chi connectivity index (χ0v) is 24.1. The van der Waals surface area contributed by atoms with Crippen LogP contribution < -0.4 is 35.2 Å². The Morgan fingerprint density at radius 1 is 1.05 bits per heavy atom. The number of nitrogens with one attached hydrogen (secondary N) is 3. The Morgan fingerprint density at radius 3 is 2.74 bits per heavy atom. The number of fused-ring (bicyclic) bond motifs is 2. The average molecular weight is 584 g/mol. The van der Waals surface area contributed by atoms with E-state index in [-0.39, 0.29) is 42.3 Å². The molecule has 3 N–H and O–H groups in total. The van der Waals surface area contributed by atoms with E-state index in [1.165, 1.54) is 6.20 Å². The van der Waals surface area contributed by atoms with Gasteiger partial charge >= 0.3 is 0 Å².